The van der Waals surface area contributed by atoms with Crippen molar-refractivity contribution in [2.45, 2.75) is 26.3 Å². The second-order valence-corrected chi connectivity index (χ2v) is 7.39. The van der Waals surface area contributed by atoms with Gasteiger partial charge in [0.05, 0.1) is 16.7 Å². The Morgan fingerprint density at radius 1 is 1.15 bits per heavy atom. The number of rotatable bonds is 9. The van der Waals surface area contributed by atoms with Crippen LogP contribution in [0.3, 0.4) is 0 Å². The summed E-state index contributed by atoms with van der Waals surface area (Å²) < 4.78 is 39.5. The van der Waals surface area contributed by atoms with Gasteiger partial charge in [0.2, 0.25) is 5.91 Å². The lowest BCUT2D eigenvalue weighted by atomic mass is 10.2. The van der Waals surface area contributed by atoms with Gasteiger partial charge in [-0.1, -0.05) is 0 Å². The fourth-order valence-electron chi connectivity index (χ4n) is 2.32. The molecule has 2 rings (SSSR count). The molecule has 0 saturated carbocycles. The minimum absolute atomic E-state index is 0.114. The van der Waals surface area contributed by atoms with Gasteiger partial charge in [-0.3, -0.25) is 4.79 Å². The molecule has 1 heterocycles. The summed E-state index contributed by atoms with van der Waals surface area (Å²) in [6.45, 7) is 2.76. The van der Waals surface area contributed by atoms with Crippen molar-refractivity contribution in [3.8, 4) is 5.75 Å². The smallest absolute Gasteiger partial charge is 0.221 e. The highest BCUT2D eigenvalue weighted by atomic mass is 32.2. The number of hydrogen-bond acceptors (Lipinski definition) is 5. The molecule has 8 heteroatoms. The Kier molecular flexibility index (Phi) is 7.11. The summed E-state index contributed by atoms with van der Waals surface area (Å²) in [5, 5.41) is 2.69. The number of anilines is 1. The minimum atomic E-state index is -4.18. The second kappa shape index (κ2) is 9.30. The molecule has 0 spiro atoms. The molecule has 140 valence electrons. The Balaban J connectivity index is 1.71. The van der Waals surface area contributed by atoms with Gasteiger partial charge in [0.1, 0.15) is 5.75 Å². The average molecular weight is 378 g/mol. The van der Waals surface area contributed by atoms with Gasteiger partial charge in [-0.05, 0) is 36.2 Å². The van der Waals surface area contributed by atoms with Gasteiger partial charge in [-0.15, -0.1) is 0 Å². The number of nitrogens with zero attached hydrogens (tertiary/aromatic N) is 1. The molecule has 7 nitrogen and oxygen atoms in total. The maximum absolute atomic E-state index is 11.0. The molecule has 2 aromatic rings. The topological polar surface area (TPSA) is 99.4 Å². The second-order valence-electron chi connectivity index (χ2n) is 5.86. The maximum atomic E-state index is 11.0. The molecule has 0 bridgehead atoms. The molecule has 0 aliphatic heterocycles. The van der Waals surface area contributed by atoms with Gasteiger partial charge < -0.3 is 14.6 Å². The van der Waals surface area contributed by atoms with E-state index in [0.29, 0.717) is 6.61 Å². The zero-order valence-electron chi connectivity index (χ0n) is 14.6. The molecule has 1 N–H and O–H groups in total. The molecule has 0 fully saturated rings. The van der Waals surface area contributed by atoms with Crippen LogP contribution in [0.1, 0.15) is 18.9 Å². The van der Waals surface area contributed by atoms with Crippen molar-refractivity contribution in [3.05, 3.63) is 54.4 Å². The fourth-order valence-corrected chi connectivity index (χ4v) is 2.81. The zero-order valence-corrected chi connectivity index (χ0v) is 15.4. The fraction of sp³-hybridized carbons (Fsp3) is 0.333. The number of hydrogen-bond donors (Lipinski definition) is 1. The molecule has 0 saturated heterocycles. The van der Waals surface area contributed by atoms with Gasteiger partial charge in [0, 0.05) is 36.9 Å². The van der Waals surface area contributed by atoms with E-state index in [-0.39, 0.29) is 18.1 Å². The number of benzene rings is 1. The summed E-state index contributed by atoms with van der Waals surface area (Å²) in [5.41, 5.74) is 1.54. The first-order chi connectivity index (χ1) is 12.3. The lowest BCUT2D eigenvalue weighted by Gasteiger charge is -2.07. The van der Waals surface area contributed by atoms with Gasteiger partial charge in [0.15, 0.2) is 18.9 Å². The molecular weight excluding hydrogens is 356 g/mol. The molecular formula is C18H22N2O5S. The Hall–Kier alpha value is -2.45. The third-order valence-electron chi connectivity index (χ3n) is 3.60. The Morgan fingerprint density at radius 2 is 1.81 bits per heavy atom. The van der Waals surface area contributed by atoms with Gasteiger partial charge in [-0.2, -0.15) is 0 Å². The van der Waals surface area contributed by atoms with E-state index >= 15 is 0 Å². The average Bonchev–Trinajstić information content (AvgIpc) is 2.58. The molecule has 1 aromatic heterocycles. The maximum Gasteiger partial charge on any atom is 0.221 e. The number of aromatic nitrogens is 1. The van der Waals surface area contributed by atoms with E-state index in [0.717, 1.165) is 30.0 Å². The van der Waals surface area contributed by atoms with Crippen molar-refractivity contribution < 1.29 is 27.1 Å². The summed E-state index contributed by atoms with van der Waals surface area (Å²) in [5.74, 6) is 0.237. The predicted molar refractivity (Wildman–Crippen MR) is 95.8 cm³/mol. The quantitative estimate of drug-likeness (QED) is 0.405. The number of amides is 1. The summed E-state index contributed by atoms with van der Waals surface area (Å²) in [4.78, 5) is 11.0. The lowest BCUT2D eigenvalue weighted by Crippen LogP contribution is -2.33. The van der Waals surface area contributed by atoms with E-state index in [4.69, 9.17) is 4.74 Å². The molecule has 1 aromatic carbocycles. The number of carbonyl (C=O) groups is 1. The summed E-state index contributed by atoms with van der Waals surface area (Å²) >= 11 is 0. The highest BCUT2D eigenvalue weighted by Crippen LogP contribution is 2.15. The Labute approximate surface area is 153 Å². The molecule has 0 aliphatic carbocycles. The summed E-state index contributed by atoms with van der Waals surface area (Å²) in [7, 11) is -4.18. The van der Waals surface area contributed by atoms with E-state index in [1.165, 1.54) is 6.92 Å². The first kappa shape index (κ1) is 19.9. The first-order valence-electron chi connectivity index (χ1n) is 8.24. The molecule has 0 atom stereocenters. The third kappa shape index (κ3) is 7.62. The van der Waals surface area contributed by atoms with Gasteiger partial charge in [0.25, 0.3) is 0 Å². The number of nitrogens with one attached hydrogen (secondary N) is 1. The van der Waals surface area contributed by atoms with Crippen molar-refractivity contribution in [3.63, 3.8) is 0 Å². The highest BCUT2D eigenvalue weighted by Gasteiger charge is 2.04. The van der Waals surface area contributed by atoms with Crippen molar-refractivity contribution in [2.24, 2.45) is 0 Å². The van der Waals surface area contributed by atoms with Crippen LogP contribution < -0.4 is 14.6 Å². The summed E-state index contributed by atoms with van der Waals surface area (Å²) in [6, 6.07) is 10.8. The van der Waals surface area contributed by atoms with Crippen LogP contribution in [0.15, 0.2) is 48.8 Å². The number of pyridine rings is 1. The molecule has 0 aliphatic rings. The van der Waals surface area contributed by atoms with Crippen LogP contribution in [0.25, 0.3) is 0 Å². The van der Waals surface area contributed by atoms with Crippen LogP contribution in [0.5, 0.6) is 5.75 Å². The number of carbonyl (C=O) groups excluding carboxylic acids is 1. The monoisotopic (exact) mass is 378 g/mol. The third-order valence-corrected chi connectivity index (χ3v) is 4.31. The molecule has 0 radical (unpaired) electrons. The van der Waals surface area contributed by atoms with E-state index in [2.05, 4.69) is 5.32 Å². The van der Waals surface area contributed by atoms with E-state index in [9.17, 15) is 17.8 Å². The van der Waals surface area contributed by atoms with Crippen molar-refractivity contribution in [2.75, 3.05) is 17.7 Å². The summed E-state index contributed by atoms with van der Waals surface area (Å²) in [6.07, 6.45) is 4.74. The van der Waals surface area contributed by atoms with Gasteiger partial charge >= 0.3 is 0 Å². The highest BCUT2D eigenvalue weighted by molar-refractivity contribution is 7.85. The SMILES string of the molecule is CC(=O)Nc1ccc(OCCC[n+]2ccc(CCS(=O)(=O)[O-])cc2)cc1. The van der Waals surface area contributed by atoms with Crippen LogP contribution in [0.4, 0.5) is 5.69 Å². The standard InChI is InChI=1S/C18H22N2O5S/c1-15(21)19-17-3-5-18(6-4-17)25-13-2-10-20-11-7-16(8-12-20)9-14-26(22,23)24/h3-8,11-12H,2,9-10,13-14H2,1H3,(H-,19,21,22,23,24). The minimum Gasteiger partial charge on any atom is -0.748 e. The van der Waals surface area contributed by atoms with E-state index < -0.39 is 10.1 Å². The largest absolute Gasteiger partial charge is 0.748 e. The normalized spacial score (nSPS) is 11.2. The van der Waals surface area contributed by atoms with Crippen molar-refractivity contribution >= 4 is 21.7 Å². The number of ether oxygens (including phenoxy) is 1. The molecule has 26 heavy (non-hydrogen) atoms. The van der Waals surface area contributed by atoms with Crippen LogP contribution in [0, 0.1) is 0 Å². The molecule has 1 amide bonds. The van der Waals surface area contributed by atoms with Crippen LogP contribution >= 0.6 is 0 Å². The van der Waals surface area contributed by atoms with Crippen molar-refractivity contribution in [1.82, 2.24) is 0 Å². The Morgan fingerprint density at radius 3 is 2.38 bits per heavy atom. The van der Waals surface area contributed by atoms with E-state index in [1.807, 2.05) is 29.1 Å². The van der Waals surface area contributed by atoms with E-state index in [1.54, 1.807) is 24.3 Å². The first-order valence-corrected chi connectivity index (χ1v) is 9.81. The Bertz CT molecular complexity index is 818. The number of aryl methyl sites for hydroxylation is 2. The predicted octanol–water partition coefficient (Wildman–Crippen LogP) is 1.49. The van der Waals surface area contributed by atoms with Crippen molar-refractivity contribution in [1.29, 1.82) is 0 Å². The van der Waals surface area contributed by atoms with Crippen LogP contribution in [-0.4, -0.2) is 31.2 Å². The van der Waals surface area contributed by atoms with Gasteiger partial charge in [-0.25, -0.2) is 13.0 Å². The zero-order chi connectivity index (χ0) is 19.0. The lowest BCUT2D eigenvalue weighted by molar-refractivity contribution is -0.697. The van der Waals surface area contributed by atoms with Crippen LogP contribution in [0.2, 0.25) is 0 Å². The molecule has 0 unspecified atom stereocenters. The van der Waals surface area contributed by atoms with Crippen LogP contribution in [-0.2, 0) is 27.9 Å².